The Hall–Kier alpha value is -2.17. The molecular formula is C16H22ClN3O6S. The van der Waals surface area contributed by atoms with Crippen LogP contribution in [0.15, 0.2) is 23.1 Å². The summed E-state index contributed by atoms with van der Waals surface area (Å²) in [5.41, 5.74) is -0.211. The Labute approximate surface area is 163 Å². The number of carbonyl (C=O) groups excluding carboxylic acids is 3. The number of benzene rings is 1. The lowest BCUT2D eigenvalue weighted by Crippen LogP contribution is -2.42. The molecule has 0 saturated heterocycles. The number of hydrogen-bond acceptors (Lipinski definition) is 6. The van der Waals surface area contributed by atoms with Gasteiger partial charge < -0.3 is 10.1 Å². The van der Waals surface area contributed by atoms with E-state index in [1.165, 1.54) is 26.2 Å². The minimum absolute atomic E-state index is 0.0345. The normalized spacial score (nSPS) is 11.4. The second-order valence-electron chi connectivity index (χ2n) is 6.16. The zero-order chi connectivity index (χ0) is 20.8. The number of esters is 1. The van der Waals surface area contributed by atoms with E-state index in [9.17, 15) is 22.8 Å². The Balaban J connectivity index is 2.75. The third-order valence-electron chi connectivity index (χ3n) is 3.19. The lowest BCUT2D eigenvalue weighted by atomic mass is 10.2. The van der Waals surface area contributed by atoms with Crippen molar-refractivity contribution in [1.82, 2.24) is 14.9 Å². The van der Waals surface area contributed by atoms with E-state index in [4.69, 9.17) is 16.3 Å². The zero-order valence-electron chi connectivity index (χ0n) is 15.4. The molecule has 0 aliphatic rings. The summed E-state index contributed by atoms with van der Waals surface area (Å²) in [4.78, 5) is 35.1. The van der Waals surface area contributed by atoms with Crippen molar-refractivity contribution in [2.45, 2.75) is 18.7 Å². The minimum Gasteiger partial charge on any atom is -0.452 e. The molecule has 0 fully saturated rings. The predicted molar refractivity (Wildman–Crippen MR) is 99.0 cm³/mol. The molecule has 0 aliphatic carbocycles. The Kier molecular flexibility index (Phi) is 8.20. The fraction of sp³-hybridized carbons (Fsp3) is 0.438. The summed E-state index contributed by atoms with van der Waals surface area (Å²) in [6, 6.07) is 2.85. The fourth-order valence-electron chi connectivity index (χ4n) is 1.74. The number of halogens is 1. The third kappa shape index (κ3) is 6.81. The summed E-state index contributed by atoms with van der Waals surface area (Å²) < 4.78 is 30.1. The van der Waals surface area contributed by atoms with Crippen molar-refractivity contribution in [3.8, 4) is 0 Å². The van der Waals surface area contributed by atoms with Crippen molar-refractivity contribution in [3.63, 3.8) is 0 Å². The summed E-state index contributed by atoms with van der Waals surface area (Å²) in [7, 11) is -1.09. The van der Waals surface area contributed by atoms with Crippen LogP contribution in [0.25, 0.3) is 0 Å². The monoisotopic (exact) mass is 419 g/mol. The molecule has 0 saturated carbocycles. The van der Waals surface area contributed by atoms with Crippen LogP contribution < -0.4 is 10.6 Å². The van der Waals surface area contributed by atoms with Crippen molar-refractivity contribution >= 4 is 39.5 Å². The first-order chi connectivity index (χ1) is 12.4. The Morgan fingerprint density at radius 3 is 2.41 bits per heavy atom. The maximum Gasteiger partial charge on any atom is 0.340 e. The number of urea groups is 1. The number of nitrogens with one attached hydrogen (secondary N) is 2. The molecule has 150 valence electrons. The van der Waals surface area contributed by atoms with Crippen LogP contribution in [0.4, 0.5) is 4.79 Å². The molecule has 2 N–H and O–H groups in total. The first-order valence-corrected chi connectivity index (χ1v) is 9.73. The zero-order valence-corrected chi connectivity index (χ0v) is 17.0. The van der Waals surface area contributed by atoms with Crippen LogP contribution in [-0.2, 0) is 19.6 Å². The summed E-state index contributed by atoms with van der Waals surface area (Å²) >= 11 is 5.92. The van der Waals surface area contributed by atoms with E-state index < -0.39 is 34.5 Å². The van der Waals surface area contributed by atoms with Crippen LogP contribution in [-0.4, -0.2) is 57.9 Å². The molecule has 0 spiro atoms. The number of ether oxygens (including phenoxy) is 1. The van der Waals surface area contributed by atoms with Crippen molar-refractivity contribution < 1.29 is 27.5 Å². The molecule has 1 aromatic carbocycles. The van der Waals surface area contributed by atoms with Crippen LogP contribution in [0.2, 0.25) is 5.02 Å². The smallest absolute Gasteiger partial charge is 0.340 e. The van der Waals surface area contributed by atoms with Gasteiger partial charge in [-0.3, -0.25) is 10.1 Å². The third-order valence-corrected chi connectivity index (χ3v) is 5.34. The van der Waals surface area contributed by atoms with Crippen molar-refractivity contribution in [2.24, 2.45) is 5.92 Å². The van der Waals surface area contributed by atoms with Gasteiger partial charge in [-0.15, -0.1) is 0 Å². The predicted octanol–water partition coefficient (Wildman–Crippen LogP) is 1.23. The number of sulfonamides is 1. The number of nitrogens with zero attached hydrogens (tertiary/aromatic N) is 1. The van der Waals surface area contributed by atoms with Crippen LogP contribution in [0.5, 0.6) is 0 Å². The van der Waals surface area contributed by atoms with E-state index in [2.05, 4.69) is 5.32 Å². The second kappa shape index (κ2) is 9.67. The van der Waals surface area contributed by atoms with Gasteiger partial charge in [0, 0.05) is 20.6 Å². The van der Waals surface area contributed by atoms with E-state index in [0.29, 0.717) is 6.54 Å². The van der Waals surface area contributed by atoms with E-state index >= 15 is 0 Å². The van der Waals surface area contributed by atoms with Crippen molar-refractivity contribution in [2.75, 3.05) is 27.2 Å². The second-order valence-corrected chi connectivity index (χ2v) is 8.72. The molecule has 27 heavy (non-hydrogen) atoms. The number of carbonyl (C=O) groups is 3. The first-order valence-electron chi connectivity index (χ1n) is 7.92. The lowest BCUT2D eigenvalue weighted by Gasteiger charge is -2.13. The highest BCUT2D eigenvalue weighted by atomic mass is 35.5. The molecule has 0 aliphatic heterocycles. The van der Waals surface area contributed by atoms with Gasteiger partial charge in [0.2, 0.25) is 10.0 Å². The number of imide groups is 1. The van der Waals surface area contributed by atoms with E-state index in [-0.39, 0.29) is 21.4 Å². The Bertz CT molecular complexity index is 823. The van der Waals surface area contributed by atoms with Gasteiger partial charge in [-0.25, -0.2) is 22.3 Å². The van der Waals surface area contributed by atoms with Crippen LogP contribution in [0.3, 0.4) is 0 Å². The van der Waals surface area contributed by atoms with Crippen molar-refractivity contribution in [3.05, 3.63) is 28.8 Å². The first kappa shape index (κ1) is 22.9. The summed E-state index contributed by atoms with van der Waals surface area (Å²) in [6.45, 7) is 3.42. The average molecular weight is 420 g/mol. The van der Waals surface area contributed by atoms with Crippen LogP contribution in [0, 0.1) is 5.92 Å². The molecule has 0 heterocycles. The molecule has 11 heteroatoms. The van der Waals surface area contributed by atoms with Gasteiger partial charge in [0.15, 0.2) is 6.61 Å². The Morgan fingerprint density at radius 1 is 1.22 bits per heavy atom. The molecule has 0 atom stereocenters. The van der Waals surface area contributed by atoms with E-state index in [1.807, 2.05) is 19.2 Å². The summed E-state index contributed by atoms with van der Waals surface area (Å²) in [5, 5.41) is 4.44. The highest BCUT2D eigenvalue weighted by molar-refractivity contribution is 7.89. The number of rotatable bonds is 7. The van der Waals surface area contributed by atoms with Crippen LogP contribution in [0.1, 0.15) is 24.2 Å². The number of amides is 3. The molecule has 0 radical (unpaired) electrons. The molecule has 0 aromatic heterocycles. The van der Waals surface area contributed by atoms with Gasteiger partial charge in [0.1, 0.15) is 0 Å². The van der Waals surface area contributed by atoms with Gasteiger partial charge >= 0.3 is 12.0 Å². The topological polar surface area (TPSA) is 122 Å². The molecule has 3 amide bonds. The highest BCUT2D eigenvalue weighted by Crippen LogP contribution is 2.22. The SMILES string of the molecule is CC(C)CNC(=O)NC(=O)COC(=O)c1cc(S(=O)(=O)N(C)C)ccc1Cl. The fourth-order valence-corrected chi connectivity index (χ4v) is 2.87. The minimum atomic E-state index is -3.78. The van der Waals surface area contributed by atoms with Gasteiger partial charge in [-0.2, -0.15) is 0 Å². The highest BCUT2D eigenvalue weighted by Gasteiger charge is 2.22. The van der Waals surface area contributed by atoms with Crippen molar-refractivity contribution in [1.29, 1.82) is 0 Å². The molecule has 9 nitrogen and oxygen atoms in total. The average Bonchev–Trinajstić information content (AvgIpc) is 2.57. The molecular weight excluding hydrogens is 398 g/mol. The van der Waals surface area contributed by atoms with Crippen LogP contribution >= 0.6 is 11.6 Å². The van der Waals surface area contributed by atoms with E-state index in [1.54, 1.807) is 0 Å². The largest absolute Gasteiger partial charge is 0.452 e. The standard InChI is InChI=1S/C16H22ClN3O6S/c1-10(2)8-18-16(23)19-14(21)9-26-15(22)12-7-11(5-6-13(12)17)27(24,25)20(3)4/h5-7,10H,8-9H2,1-4H3,(H2,18,19,21,23). The van der Waals surface area contributed by atoms with E-state index in [0.717, 1.165) is 10.4 Å². The van der Waals surface area contributed by atoms with Gasteiger partial charge in [-0.1, -0.05) is 25.4 Å². The number of hydrogen-bond donors (Lipinski definition) is 2. The molecule has 1 rings (SSSR count). The van der Waals surface area contributed by atoms with Gasteiger partial charge in [0.25, 0.3) is 5.91 Å². The van der Waals surface area contributed by atoms with Gasteiger partial charge in [-0.05, 0) is 24.1 Å². The summed E-state index contributed by atoms with van der Waals surface area (Å²) in [5.74, 6) is -1.62. The molecule has 0 bridgehead atoms. The molecule has 0 unspecified atom stereocenters. The molecule has 1 aromatic rings. The maximum absolute atomic E-state index is 12.1. The Morgan fingerprint density at radius 2 is 1.85 bits per heavy atom. The lowest BCUT2D eigenvalue weighted by molar-refractivity contribution is -0.123. The summed E-state index contributed by atoms with van der Waals surface area (Å²) in [6.07, 6.45) is 0. The quantitative estimate of drug-likeness (QED) is 0.641. The van der Waals surface area contributed by atoms with Gasteiger partial charge in [0.05, 0.1) is 15.5 Å². The maximum atomic E-state index is 12.1.